The summed E-state index contributed by atoms with van der Waals surface area (Å²) >= 11 is 0. The van der Waals surface area contributed by atoms with Crippen LogP contribution in [0.4, 0.5) is 10.5 Å². The van der Waals surface area contributed by atoms with Gasteiger partial charge in [-0.05, 0) is 25.8 Å². The topological polar surface area (TPSA) is 88.5 Å². The minimum Gasteiger partial charge on any atom is -0.529 e. The van der Waals surface area contributed by atoms with E-state index in [4.69, 9.17) is 19.2 Å². The van der Waals surface area contributed by atoms with Crippen LogP contribution in [0.25, 0.3) is 0 Å². The van der Waals surface area contributed by atoms with Gasteiger partial charge in [-0.25, -0.2) is 4.79 Å². The maximum absolute atomic E-state index is 13.4. The summed E-state index contributed by atoms with van der Waals surface area (Å²) in [6.45, 7) is 8.87. The lowest BCUT2D eigenvalue weighted by atomic mass is 9.65. The molecule has 0 spiro atoms. The molecule has 10 heteroatoms. The Morgan fingerprint density at radius 2 is 2.13 bits per heavy atom. The zero-order chi connectivity index (χ0) is 21.8. The molecular weight excluding hydrogens is 386 g/mol. The van der Waals surface area contributed by atoms with Gasteiger partial charge in [0, 0.05) is 12.6 Å². The summed E-state index contributed by atoms with van der Waals surface area (Å²) in [7, 11) is 3.05. The van der Waals surface area contributed by atoms with Crippen LogP contribution < -0.4 is 14.4 Å². The van der Waals surface area contributed by atoms with E-state index in [-0.39, 0.29) is 18.0 Å². The number of unbranched alkanes of at least 4 members (excludes halogenated alkanes) is 1. The number of amides is 2. The van der Waals surface area contributed by atoms with E-state index in [1.54, 1.807) is 17.0 Å². The summed E-state index contributed by atoms with van der Waals surface area (Å²) in [6.07, 6.45) is 1.72. The van der Waals surface area contributed by atoms with Gasteiger partial charge in [0.1, 0.15) is 0 Å². The van der Waals surface area contributed by atoms with Crippen molar-refractivity contribution in [2.45, 2.75) is 45.2 Å². The first-order chi connectivity index (χ1) is 14.4. The Labute approximate surface area is 178 Å². The zero-order valence-electron chi connectivity index (χ0n) is 17.6. The van der Waals surface area contributed by atoms with E-state index in [1.807, 2.05) is 6.92 Å². The summed E-state index contributed by atoms with van der Waals surface area (Å²) in [5.74, 6) is 0.671. The number of hydrogen-bond donors (Lipinski definition) is 1. The Morgan fingerprint density at radius 1 is 1.37 bits per heavy atom. The number of anilines is 1. The quantitative estimate of drug-likeness (QED) is 0.420. The molecule has 0 aromatic heterocycles. The zero-order valence-corrected chi connectivity index (χ0v) is 17.6. The second-order valence-electron chi connectivity index (χ2n) is 7.46. The second-order valence-corrected chi connectivity index (χ2v) is 7.46. The van der Waals surface area contributed by atoms with Crippen molar-refractivity contribution in [2.24, 2.45) is 0 Å². The fourth-order valence-corrected chi connectivity index (χ4v) is 3.96. The maximum Gasteiger partial charge on any atom is 0.395 e. The van der Waals surface area contributed by atoms with Crippen LogP contribution in [0.2, 0.25) is 0 Å². The molecule has 8 nitrogen and oxygen atoms in total. The molecule has 2 amide bonds. The van der Waals surface area contributed by atoms with Crippen molar-refractivity contribution in [3.05, 3.63) is 29.8 Å². The molecule has 1 saturated heterocycles. The fraction of sp³-hybridized carbons (Fsp3) is 0.500. The molecule has 1 aromatic rings. The number of carbonyl (C=O) groups excluding carboxylic acids is 2. The highest BCUT2D eigenvalue weighted by Gasteiger charge is 2.44. The van der Waals surface area contributed by atoms with Crippen LogP contribution in [0.1, 0.15) is 43.5 Å². The molecule has 1 N–H and O–H groups in total. The molecule has 2 atom stereocenters. The number of fused-ring (bicyclic) bond motifs is 2. The molecule has 30 heavy (non-hydrogen) atoms. The fourth-order valence-electron chi connectivity index (χ4n) is 3.96. The first kappa shape index (κ1) is 22.1. The van der Waals surface area contributed by atoms with Gasteiger partial charge in [-0.15, -0.1) is 0 Å². The first-order valence-electron chi connectivity index (χ1n) is 10.0. The van der Waals surface area contributed by atoms with E-state index < -0.39 is 6.09 Å². The standard InChI is InChI=1S/C20H26B2N2O6/c1-5-6-7-29-18-10-16-14(9-17(18)28-4)19(25)23-11-12(2)8-15(23)13(3)24(16)20(26)30-22-21-27/h9-10,13,15,27H,2,5-8,11H2,1,3-4H3/t13?,15-/m0/s1. The van der Waals surface area contributed by atoms with E-state index in [2.05, 4.69) is 13.5 Å². The Morgan fingerprint density at radius 3 is 2.80 bits per heavy atom. The van der Waals surface area contributed by atoms with E-state index in [0.717, 1.165) is 25.8 Å². The van der Waals surface area contributed by atoms with Gasteiger partial charge in [0.25, 0.3) is 13.3 Å². The average molecular weight is 412 g/mol. The van der Waals surface area contributed by atoms with Gasteiger partial charge >= 0.3 is 13.5 Å². The van der Waals surface area contributed by atoms with Crippen molar-refractivity contribution >= 4 is 32.4 Å². The van der Waals surface area contributed by atoms with Crippen LogP contribution in [0.3, 0.4) is 0 Å². The number of hydrogen-bond acceptors (Lipinski definition) is 6. The van der Waals surface area contributed by atoms with Crippen molar-refractivity contribution in [3.63, 3.8) is 0 Å². The lowest BCUT2D eigenvalue weighted by Gasteiger charge is -2.33. The monoisotopic (exact) mass is 412 g/mol. The van der Waals surface area contributed by atoms with Gasteiger partial charge in [0.2, 0.25) is 0 Å². The van der Waals surface area contributed by atoms with Crippen LogP contribution in [0.5, 0.6) is 11.5 Å². The van der Waals surface area contributed by atoms with Gasteiger partial charge in [0.15, 0.2) is 11.5 Å². The molecule has 0 aliphatic carbocycles. The van der Waals surface area contributed by atoms with Crippen LogP contribution in [0.15, 0.2) is 24.3 Å². The SMILES string of the molecule is C=C1C[C@H]2C(C)N(C(=O)O[B][B]O)c3cc(OCCCC)c(OC)cc3C(=O)N2C1. The van der Waals surface area contributed by atoms with Crippen molar-refractivity contribution in [1.29, 1.82) is 0 Å². The highest BCUT2D eigenvalue weighted by molar-refractivity contribution is 6.93. The predicted octanol–water partition coefficient (Wildman–Crippen LogP) is 2.14. The second kappa shape index (κ2) is 9.47. The predicted molar refractivity (Wildman–Crippen MR) is 114 cm³/mol. The van der Waals surface area contributed by atoms with Gasteiger partial charge in [-0.3, -0.25) is 9.69 Å². The average Bonchev–Trinajstić information content (AvgIpc) is 3.10. The maximum atomic E-state index is 13.4. The first-order valence-corrected chi connectivity index (χ1v) is 10.0. The molecule has 0 bridgehead atoms. The molecule has 2 aliphatic heterocycles. The minimum absolute atomic E-state index is 0.202. The summed E-state index contributed by atoms with van der Waals surface area (Å²) in [5, 5.41) is 8.90. The molecule has 2 aliphatic rings. The van der Waals surface area contributed by atoms with Crippen LogP contribution in [-0.4, -0.2) is 69.0 Å². The van der Waals surface area contributed by atoms with Crippen LogP contribution in [0, 0.1) is 0 Å². The molecular formula is C20H26B2N2O6. The van der Waals surface area contributed by atoms with Gasteiger partial charge < -0.3 is 24.1 Å². The van der Waals surface area contributed by atoms with Gasteiger partial charge in [0.05, 0.1) is 37.1 Å². The largest absolute Gasteiger partial charge is 0.529 e. The van der Waals surface area contributed by atoms with E-state index >= 15 is 0 Å². The van der Waals surface area contributed by atoms with E-state index in [9.17, 15) is 9.59 Å². The Bertz CT molecular complexity index is 834. The van der Waals surface area contributed by atoms with Gasteiger partial charge in [-0.2, -0.15) is 0 Å². The van der Waals surface area contributed by atoms with Crippen molar-refractivity contribution < 1.29 is 28.7 Å². The lowest BCUT2D eigenvalue weighted by molar-refractivity contribution is 0.0732. The van der Waals surface area contributed by atoms with Gasteiger partial charge in [-0.1, -0.05) is 25.5 Å². The van der Waals surface area contributed by atoms with Crippen LogP contribution >= 0.6 is 0 Å². The van der Waals surface area contributed by atoms with Crippen molar-refractivity contribution in [2.75, 3.05) is 25.2 Å². The molecule has 1 fully saturated rings. The number of carbonyl (C=O) groups is 2. The normalized spacial score (nSPS) is 20.3. The lowest BCUT2D eigenvalue weighted by Crippen LogP contribution is -2.49. The van der Waals surface area contributed by atoms with Crippen LogP contribution in [-0.2, 0) is 4.65 Å². The summed E-state index contributed by atoms with van der Waals surface area (Å²) in [5.41, 5.74) is 1.64. The summed E-state index contributed by atoms with van der Waals surface area (Å²) in [4.78, 5) is 29.5. The number of methoxy groups -OCH3 is 1. The number of benzene rings is 1. The Balaban J connectivity index is 2.11. The number of nitrogens with zero attached hydrogens (tertiary/aromatic N) is 2. The molecule has 158 valence electrons. The number of ether oxygens (including phenoxy) is 2. The Hall–Kier alpha value is -2.61. The molecule has 1 aromatic carbocycles. The van der Waals surface area contributed by atoms with E-state index in [1.165, 1.54) is 12.0 Å². The number of rotatable bonds is 7. The minimum atomic E-state index is -0.703. The third-order valence-corrected chi connectivity index (χ3v) is 5.47. The molecule has 2 radical (unpaired) electrons. The van der Waals surface area contributed by atoms with Crippen molar-refractivity contribution in [3.8, 4) is 11.5 Å². The molecule has 0 saturated carbocycles. The highest BCUT2D eigenvalue weighted by Crippen LogP contribution is 2.42. The van der Waals surface area contributed by atoms with Crippen molar-refractivity contribution in [1.82, 2.24) is 4.90 Å². The molecule has 3 rings (SSSR count). The summed E-state index contributed by atoms with van der Waals surface area (Å²) in [6, 6.07) is 2.64. The Kier molecular flexibility index (Phi) is 6.97. The third-order valence-electron chi connectivity index (χ3n) is 5.47. The highest BCUT2D eigenvalue weighted by atomic mass is 16.5. The smallest absolute Gasteiger partial charge is 0.395 e. The third kappa shape index (κ3) is 4.14. The van der Waals surface area contributed by atoms with E-state index in [0.29, 0.717) is 49.7 Å². The molecule has 2 heterocycles. The summed E-state index contributed by atoms with van der Waals surface area (Å²) < 4.78 is 16.4. The molecule has 1 unspecified atom stereocenters.